The van der Waals surface area contributed by atoms with Crippen LogP contribution in [0, 0.1) is 5.41 Å². The van der Waals surface area contributed by atoms with Gasteiger partial charge in [0, 0.05) is 10.7 Å². The summed E-state index contributed by atoms with van der Waals surface area (Å²) >= 11 is 17.9. The lowest BCUT2D eigenvalue weighted by molar-refractivity contribution is -0.135. The fourth-order valence-electron chi connectivity index (χ4n) is 1.84. The SMILES string of the molecule is CC(C)(C(=O)Nc1cccc(Cl)c1)C(=O)Nc1cccc(Cl)c1Cl. The van der Waals surface area contributed by atoms with E-state index in [0.29, 0.717) is 21.4 Å². The second-order valence-corrected chi connectivity index (χ2v) is 6.87. The first kappa shape index (κ1) is 18.6. The predicted octanol–water partition coefficient (Wildman–Crippen LogP) is 5.25. The molecule has 2 aromatic carbocycles. The Balaban J connectivity index is 2.14. The zero-order valence-electron chi connectivity index (χ0n) is 13.0. The summed E-state index contributed by atoms with van der Waals surface area (Å²) in [6.07, 6.45) is 0. The number of halogens is 3. The van der Waals surface area contributed by atoms with Crippen LogP contribution >= 0.6 is 34.8 Å². The van der Waals surface area contributed by atoms with E-state index in [1.807, 2.05) is 0 Å². The first-order valence-corrected chi connectivity index (χ1v) is 8.17. The lowest BCUT2D eigenvalue weighted by Crippen LogP contribution is -2.41. The molecule has 0 heterocycles. The summed E-state index contributed by atoms with van der Waals surface area (Å²) in [6.45, 7) is 3.03. The molecule has 2 N–H and O–H groups in total. The third kappa shape index (κ3) is 4.20. The van der Waals surface area contributed by atoms with Gasteiger partial charge in [0.25, 0.3) is 0 Å². The van der Waals surface area contributed by atoms with Crippen molar-refractivity contribution in [2.75, 3.05) is 10.6 Å². The van der Waals surface area contributed by atoms with Crippen molar-refractivity contribution in [3.8, 4) is 0 Å². The van der Waals surface area contributed by atoms with Crippen LogP contribution in [0.25, 0.3) is 0 Å². The molecule has 0 aromatic heterocycles. The van der Waals surface area contributed by atoms with Gasteiger partial charge in [0.2, 0.25) is 11.8 Å². The van der Waals surface area contributed by atoms with Gasteiger partial charge in [-0.05, 0) is 44.2 Å². The van der Waals surface area contributed by atoms with Gasteiger partial charge < -0.3 is 10.6 Å². The van der Waals surface area contributed by atoms with E-state index in [1.54, 1.807) is 42.5 Å². The van der Waals surface area contributed by atoms with E-state index in [0.717, 1.165) is 0 Å². The Kier molecular flexibility index (Phi) is 5.75. The number of hydrogen-bond donors (Lipinski definition) is 2. The Morgan fingerprint density at radius 1 is 0.917 bits per heavy atom. The number of anilines is 2. The molecule has 0 saturated heterocycles. The predicted molar refractivity (Wildman–Crippen MR) is 99.0 cm³/mol. The van der Waals surface area contributed by atoms with Crippen LogP contribution in [-0.2, 0) is 9.59 Å². The fraction of sp³-hybridized carbons (Fsp3) is 0.176. The molecule has 0 bridgehead atoms. The lowest BCUT2D eigenvalue weighted by Gasteiger charge is -2.23. The molecule has 0 saturated carbocycles. The number of hydrogen-bond acceptors (Lipinski definition) is 2. The minimum atomic E-state index is -1.34. The summed E-state index contributed by atoms with van der Waals surface area (Å²) in [7, 11) is 0. The zero-order valence-corrected chi connectivity index (χ0v) is 15.3. The summed E-state index contributed by atoms with van der Waals surface area (Å²) in [6, 6.07) is 11.6. The molecule has 0 unspecified atom stereocenters. The monoisotopic (exact) mass is 384 g/mol. The topological polar surface area (TPSA) is 58.2 Å². The molecule has 24 heavy (non-hydrogen) atoms. The second-order valence-electron chi connectivity index (χ2n) is 5.64. The number of carbonyl (C=O) groups excluding carboxylic acids is 2. The molecule has 0 fully saturated rings. The Morgan fingerprint density at radius 2 is 1.54 bits per heavy atom. The molecule has 0 radical (unpaired) electrons. The highest BCUT2D eigenvalue weighted by Gasteiger charge is 2.36. The Morgan fingerprint density at radius 3 is 2.21 bits per heavy atom. The van der Waals surface area contributed by atoms with Gasteiger partial charge in [-0.15, -0.1) is 0 Å². The van der Waals surface area contributed by atoms with Gasteiger partial charge in [-0.25, -0.2) is 0 Å². The maximum absolute atomic E-state index is 12.5. The van der Waals surface area contributed by atoms with Crippen molar-refractivity contribution in [2.45, 2.75) is 13.8 Å². The number of benzene rings is 2. The van der Waals surface area contributed by atoms with Crippen molar-refractivity contribution in [1.29, 1.82) is 0 Å². The molecule has 7 heteroatoms. The summed E-state index contributed by atoms with van der Waals surface area (Å²) < 4.78 is 0. The summed E-state index contributed by atoms with van der Waals surface area (Å²) in [5.41, 5.74) is -0.486. The Labute approximate surface area is 155 Å². The van der Waals surface area contributed by atoms with E-state index in [1.165, 1.54) is 13.8 Å². The second kappa shape index (κ2) is 7.43. The first-order chi connectivity index (χ1) is 11.2. The van der Waals surface area contributed by atoms with Gasteiger partial charge in [-0.1, -0.05) is 46.9 Å². The lowest BCUT2D eigenvalue weighted by atomic mass is 9.90. The van der Waals surface area contributed by atoms with Crippen LogP contribution < -0.4 is 10.6 Å². The van der Waals surface area contributed by atoms with Crippen LogP contribution in [-0.4, -0.2) is 11.8 Å². The smallest absolute Gasteiger partial charge is 0.239 e. The van der Waals surface area contributed by atoms with Gasteiger partial charge in [0.1, 0.15) is 5.41 Å². The third-order valence-corrected chi connectivity index (χ3v) is 4.47. The van der Waals surface area contributed by atoms with Gasteiger partial charge in [0.15, 0.2) is 0 Å². The molecular formula is C17H15Cl3N2O2. The Bertz CT molecular complexity index is 791. The van der Waals surface area contributed by atoms with E-state index in [2.05, 4.69) is 10.6 Å². The summed E-state index contributed by atoms with van der Waals surface area (Å²) in [5, 5.41) is 6.32. The molecule has 2 rings (SSSR count). The van der Waals surface area contributed by atoms with E-state index < -0.39 is 17.2 Å². The molecule has 2 amide bonds. The van der Waals surface area contributed by atoms with Gasteiger partial charge >= 0.3 is 0 Å². The highest BCUT2D eigenvalue weighted by atomic mass is 35.5. The number of nitrogens with one attached hydrogen (secondary N) is 2. The zero-order chi connectivity index (χ0) is 17.9. The molecule has 0 aliphatic heterocycles. The average molecular weight is 386 g/mol. The molecule has 0 aliphatic carbocycles. The van der Waals surface area contributed by atoms with Gasteiger partial charge in [-0.2, -0.15) is 0 Å². The number of carbonyl (C=O) groups is 2. The molecule has 4 nitrogen and oxygen atoms in total. The van der Waals surface area contributed by atoms with Crippen LogP contribution in [0.2, 0.25) is 15.1 Å². The molecule has 126 valence electrons. The summed E-state index contributed by atoms with van der Waals surface area (Å²) in [4.78, 5) is 25.0. The molecule has 2 aromatic rings. The van der Waals surface area contributed by atoms with Crippen LogP contribution in [0.5, 0.6) is 0 Å². The fourth-order valence-corrected chi connectivity index (χ4v) is 2.37. The van der Waals surface area contributed by atoms with Crippen molar-refractivity contribution in [3.05, 3.63) is 57.5 Å². The quantitative estimate of drug-likeness (QED) is 0.706. The van der Waals surface area contributed by atoms with E-state index >= 15 is 0 Å². The van der Waals surface area contributed by atoms with Gasteiger partial charge in [0.05, 0.1) is 15.7 Å². The van der Waals surface area contributed by atoms with Crippen LogP contribution in [0.4, 0.5) is 11.4 Å². The van der Waals surface area contributed by atoms with Crippen molar-refractivity contribution in [3.63, 3.8) is 0 Å². The first-order valence-electron chi connectivity index (χ1n) is 7.04. The molecular weight excluding hydrogens is 371 g/mol. The van der Waals surface area contributed by atoms with E-state index in [9.17, 15) is 9.59 Å². The number of amides is 2. The van der Waals surface area contributed by atoms with Crippen molar-refractivity contribution in [2.24, 2.45) is 5.41 Å². The van der Waals surface area contributed by atoms with E-state index in [-0.39, 0.29) is 5.02 Å². The molecule has 0 atom stereocenters. The van der Waals surface area contributed by atoms with Crippen molar-refractivity contribution < 1.29 is 9.59 Å². The van der Waals surface area contributed by atoms with Crippen LogP contribution in [0.1, 0.15) is 13.8 Å². The van der Waals surface area contributed by atoms with Crippen LogP contribution in [0.15, 0.2) is 42.5 Å². The minimum Gasteiger partial charge on any atom is -0.325 e. The van der Waals surface area contributed by atoms with E-state index in [4.69, 9.17) is 34.8 Å². The minimum absolute atomic E-state index is 0.221. The maximum Gasteiger partial charge on any atom is 0.239 e. The number of rotatable bonds is 4. The average Bonchev–Trinajstić information content (AvgIpc) is 2.51. The highest BCUT2D eigenvalue weighted by Crippen LogP contribution is 2.31. The third-order valence-electron chi connectivity index (χ3n) is 3.42. The normalized spacial score (nSPS) is 11.0. The van der Waals surface area contributed by atoms with Crippen molar-refractivity contribution in [1.82, 2.24) is 0 Å². The molecule has 0 spiro atoms. The van der Waals surface area contributed by atoms with Crippen molar-refractivity contribution >= 4 is 58.0 Å². The highest BCUT2D eigenvalue weighted by molar-refractivity contribution is 6.44. The standard InChI is InChI=1S/C17H15Cl3N2O2/c1-17(2,15(23)21-11-6-3-5-10(18)9-11)16(24)22-13-8-4-7-12(19)14(13)20/h3-9H,1-2H3,(H,21,23)(H,22,24). The maximum atomic E-state index is 12.5. The summed E-state index contributed by atoms with van der Waals surface area (Å²) in [5.74, 6) is -0.980. The van der Waals surface area contributed by atoms with Gasteiger partial charge in [-0.3, -0.25) is 9.59 Å². The molecule has 0 aliphatic rings. The van der Waals surface area contributed by atoms with Crippen LogP contribution in [0.3, 0.4) is 0 Å². The Hall–Kier alpha value is -1.75. The largest absolute Gasteiger partial charge is 0.325 e.